The summed E-state index contributed by atoms with van der Waals surface area (Å²) in [6, 6.07) is 1.19. The minimum Gasteiger partial charge on any atom is -0.506 e. The Kier molecular flexibility index (Phi) is 4.47. The smallest absolute Gasteiger partial charge is 0.255 e. The lowest BCUT2D eigenvalue weighted by molar-refractivity contribution is -0.120. The normalized spacial score (nSPS) is 10.2. The number of carbonyl (C=O) groups is 2. The zero-order valence-corrected chi connectivity index (χ0v) is 10.2. The van der Waals surface area contributed by atoms with Gasteiger partial charge in [0.25, 0.3) is 5.91 Å². The van der Waals surface area contributed by atoms with Crippen molar-refractivity contribution in [3.05, 3.63) is 17.8 Å². The van der Waals surface area contributed by atoms with Gasteiger partial charge in [-0.05, 0) is 19.9 Å². The van der Waals surface area contributed by atoms with E-state index in [0.29, 0.717) is 0 Å². The molecule has 0 saturated heterocycles. The van der Waals surface area contributed by atoms with Gasteiger partial charge in [0.2, 0.25) is 5.91 Å². The average Bonchev–Trinajstić information content (AvgIpc) is 2.28. The summed E-state index contributed by atoms with van der Waals surface area (Å²) in [5.74, 6) is -1.03. The lowest BCUT2D eigenvalue weighted by Gasteiger charge is -2.10. The van der Waals surface area contributed by atoms with Crippen LogP contribution in [0.2, 0.25) is 0 Å². The Balaban J connectivity index is 2.60. The van der Waals surface area contributed by atoms with Crippen LogP contribution in [0.25, 0.3) is 0 Å². The molecule has 0 aliphatic rings. The largest absolute Gasteiger partial charge is 0.506 e. The summed E-state index contributed by atoms with van der Waals surface area (Å²) in [5.41, 5.74) is 5.53. The predicted molar refractivity (Wildman–Crippen MR) is 65.9 cm³/mol. The third kappa shape index (κ3) is 3.93. The number of aromatic nitrogens is 1. The first-order valence-corrected chi connectivity index (χ1v) is 5.42. The predicted octanol–water partition coefficient (Wildman–Crippen LogP) is -0.376. The lowest BCUT2D eigenvalue weighted by Crippen LogP contribution is -2.40. The molecule has 0 aliphatic carbocycles. The molecule has 0 bridgehead atoms. The van der Waals surface area contributed by atoms with Crippen LogP contribution in [0.4, 0.5) is 5.82 Å². The molecule has 0 unspecified atom stereocenters. The van der Waals surface area contributed by atoms with Gasteiger partial charge in [-0.25, -0.2) is 4.98 Å². The van der Waals surface area contributed by atoms with Crippen molar-refractivity contribution in [3.63, 3.8) is 0 Å². The fraction of sp³-hybridized carbons (Fsp3) is 0.364. The third-order valence-corrected chi connectivity index (χ3v) is 2.01. The molecule has 1 aromatic heterocycles. The fourth-order valence-electron chi connectivity index (χ4n) is 1.27. The molecular formula is C11H16N4O3. The molecule has 1 aromatic rings. The number of aromatic hydroxyl groups is 1. The molecule has 7 heteroatoms. The van der Waals surface area contributed by atoms with Gasteiger partial charge in [-0.15, -0.1) is 0 Å². The van der Waals surface area contributed by atoms with E-state index in [9.17, 15) is 14.7 Å². The highest BCUT2D eigenvalue weighted by Gasteiger charge is 2.13. The number of hydrogen-bond acceptors (Lipinski definition) is 5. The van der Waals surface area contributed by atoms with Gasteiger partial charge in [-0.2, -0.15) is 0 Å². The summed E-state index contributed by atoms with van der Waals surface area (Å²) in [5, 5.41) is 14.2. The maximum absolute atomic E-state index is 11.7. The van der Waals surface area contributed by atoms with E-state index < -0.39 is 5.91 Å². The summed E-state index contributed by atoms with van der Waals surface area (Å²) < 4.78 is 0. The third-order valence-electron chi connectivity index (χ3n) is 2.01. The Morgan fingerprint density at radius 2 is 2.17 bits per heavy atom. The molecule has 1 heterocycles. The fourth-order valence-corrected chi connectivity index (χ4v) is 1.27. The molecule has 0 radical (unpaired) electrons. The van der Waals surface area contributed by atoms with Crippen LogP contribution in [-0.4, -0.2) is 34.5 Å². The molecule has 1 rings (SSSR count). The number of carbonyl (C=O) groups excluding carboxylic acids is 2. The molecule has 0 fully saturated rings. The van der Waals surface area contributed by atoms with Crippen LogP contribution in [-0.2, 0) is 4.79 Å². The second kappa shape index (κ2) is 5.85. The van der Waals surface area contributed by atoms with Crippen molar-refractivity contribution in [1.29, 1.82) is 0 Å². The van der Waals surface area contributed by atoms with Crippen molar-refractivity contribution < 1.29 is 14.7 Å². The van der Waals surface area contributed by atoms with Crippen LogP contribution >= 0.6 is 0 Å². The van der Waals surface area contributed by atoms with Crippen molar-refractivity contribution in [1.82, 2.24) is 15.6 Å². The second-order valence-electron chi connectivity index (χ2n) is 4.03. The number of amides is 2. The maximum Gasteiger partial charge on any atom is 0.255 e. The quantitative estimate of drug-likeness (QED) is 0.583. The lowest BCUT2D eigenvalue weighted by atomic mass is 10.2. The zero-order chi connectivity index (χ0) is 13.7. The van der Waals surface area contributed by atoms with Gasteiger partial charge in [0.15, 0.2) is 0 Å². The molecule has 0 atom stereocenters. The van der Waals surface area contributed by atoms with E-state index in [1.165, 1.54) is 6.07 Å². The second-order valence-corrected chi connectivity index (χ2v) is 4.03. The number of hydrogen-bond donors (Lipinski definition) is 4. The van der Waals surface area contributed by atoms with E-state index >= 15 is 0 Å². The van der Waals surface area contributed by atoms with E-state index in [0.717, 1.165) is 6.20 Å². The summed E-state index contributed by atoms with van der Waals surface area (Å²) in [7, 11) is 0. The van der Waals surface area contributed by atoms with Gasteiger partial charge in [-0.3, -0.25) is 9.59 Å². The van der Waals surface area contributed by atoms with E-state index in [-0.39, 0.29) is 35.6 Å². The van der Waals surface area contributed by atoms with Crippen LogP contribution in [0.3, 0.4) is 0 Å². The van der Waals surface area contributed by atoms with Gasteiger partial charge < -0.3 is 21.5 Å². The van der Waals surface area contributed by atoms with Crippen molar-refractivity contribution >= 4 is 17.6 Å². The number of pyridine rings is 1. The van der Waals surface area contributed by atoms with Gasteiger partial charge in [0.05, 0.1) is 18.3 Å². The molecular weight excluding hydrogens is 236 g/mol. The Morgan fingerprint density at radius 1 is 1.50 bits per heavy atom. The van der Waals surface area contributed by atoms with Gasteiger partial charge in [0.1, 0.15) is 11.6 Å². The highest BCUT2D eigenvalue weighted by molar-refractivity contribution is 6.00. The Morgan fingerprint density at radius 3 is 2.78 bits per heavy atom. The van der Waals surface area contributed by atoms with Crippen molar-refractivity contribution in [3.8, 4) is 5.75 Å². The number of nitrogen functional groups attached to an aromatic ring is 1. The first-order chi connectivity index (χ1) is 8.40. The number of nitrogens with one attached hydrogen (secondary N) is 2. The van der Waals surface area contributed by atoms with E-state index in [1.54, 1.807) is 0 Å². The van der Waals surface area contributed by atoms with Crippen LogP contribution in [0.5, 0.6) is 5.75 Å². The first kappa shape index (κ1) is 13.8. The Bertz CT molecular complexity index is 460. The van der Waals surface area contributed by atoms with Crippen molar-refractivity contribution in [2.75, 3.05) is 12.3 Å². The summed E-state index contributed by atoms with van der Waals surface area (Å²) >= 11 is 0. The van der Waals surface area contributed by atoms with Gasteiger partial charge >= 0.3 is 0 Å². The highest BCUT2D eigenvalue weighted by Crippen LogP contribution is 2.14. The van der Waals surface area contributed by atoms with Gasteiger partial charge in [-0.1, -0.05) is 0 Å². The molecule has 7 nitrogen and oxygen atoms in total. The number of rotatable bonds is 4. The summed E-state index contributed by atoms with van der Waals surface area (Å²) in [4.78, 5) is 26.6. The van der Waals surface area contributed by atoms with E-state index in [4.69, 9.17) is 5.73 Å². The highest BCUT2D eigenvalue weighted by atomic mass is 16.3. The number of nitrogens with zero attached hydrogens (tertiary/aromatic N) is 1. The Hall–Kier alpha value is -2.31. The van der Waals surface area contributed by atoms with Crippen LogP contribution in [0.1, 0.15) is 24.2 Å². The van der Waals surface area contributed by atoms with Crippen LogP contribution < -0.4 is 16.4 Å². The molecule has 0 aromatic carbocycles. The SMILES string of the molecule is CC(C)NC(=O)CNC(=O)c1cc(O)cnc1N. The summed E-state index contributed by atoms with van der Waals surface area (Å²) in [6.07, 6.45) is 1.14. The van der Waals surface area contributed by atoms with Crippen LogP contribution in [0, 0.1) is 0 Å². The standard InChI is InChI=1S/C11H16N4O3/c1-6(2)15-9(17)5-14-11(18)8-3-7(16)4-13-10(8)12/h3-4,6,16H,5H2,1-2H3,(H2,12,13)(H,14,18)(H,15,17). The molecule has 0 saturated carbocycles. The molecule has 18 heavy (non-hydrogen) atoms. The van der Waals surface area contributed by atoms with Gasteiger partial charge in [0, 0.05) is 6.04 Å². The first-order valence-electron chi connectivity index (χ1n) is 5.42. The monoisotopic (exact) mass is 252 g/mol. The average molecular weight is 252 g/mol. The number of nitrogens with two attached hydrogens (primary N) is 1. The minimum absolute atomic E-state index is 0.00177. The number of anilines is 1. The van der Waals surface area contributed by atoms with Crippen molar-refractivity contribution in [2.45, 2.75) is 19.9 Å². The van der Waals surface area contributed by atoms with Crippen molar-refractivity contribution in [2.24, 2.45) is 0 Å². The molecule has 0 aliphatic heterocycles. The summed E-state index contributed by atoms with van der Waals surface area (Å²) in [6.45, 7) is 3.47. The topological polar surface area (TPSA) is 117 Å². The minimum atomic E-state index is -0.560. The van der Waals surface area contributed by atoms with E-state index in [1.807, 2.05) is 13.8 Å². The molecule has 0 spiro atoms. The van der Waals surface area contributed by atoms with E-state index in [2.05, 4.69) is 15.6 Å². The molecule has 2 amide bonds. The zero-order valence-electron chi connectivity index (χ0n) is 10.2. The maximum atomic E-state index is 11.7. The molecule has 98 valence electrons. The van der Waals surface area contributed by atoms with Crippen LogP contribution in [0.15, 0.2) is 12.3 Å². The molecule has 5 N–H and O–H groups in total. The Labute approximate surface area is 104 Å².